The molecule has 0 N–H and O–H groups in total. The van der Waals surface area contributed by atoms with Crippen molar-refractivity contribution in [1.82, 2.24) is 20.1 Å². The Labute approximate surface area is 209 Å². The summed E-state index contributed by atoms with van der Waals surface area (Å²) in [5.74, 6) is 1.22. The zero-order valence-electron chi connectivity index (χ0n) is 20.5. The number of aryl methyl sites for hydroxylation is 1. The van der Waals surface area contributed by atoms with Crippen LogP contribution >= 0.6 is 0 Å². The highest BCUT2D eigenvalue weighted by atomic mass is 16.5. The number of aromatic nitrogens is 3. The lowest BCUT2D eigenvalue weighted by Crippen LogP contribution is -2.25. The molecule has 4 heterocycles. The van der Waals surface area contributed by atoms with E-state index in [1.165, 1.54) is 4.90 Å². The van der Waals surface area contributed by atoms with Crippen molar-refractivity contribution in [3.8, 4) is 28.3 Å². The Morgan fingerprint density at radius 1 is 1.14 bits per heavy atom. The maximum Gasteiger partial charge on any atom is 0.228 e. The lowest BCUT2D eigenvalue weighted by molar-refractivity contribution is -0.115. The molecule has 9 heteroatoms. The fourth-order valence-corrected chi connectivity index (χ4v) is 3.77. The van der Waals surface area contributed by atoms with Gasteiger partial charge in [0.05, 0.1) is 19.8 Å². The number of fused-ring (bicyclic) bond motifs is 1. The Morgan fingerprint density at radius 3 is 2.61 bits per heavy atom. The van der Waals surface area contributed by atoms with Crippen molar-refractivity contribution in [3.63, 3.8) is 0 Å². The Hall–Kier alpha value is -4.29. The molecule has 1 aliphatic heterocycles. The maximum absolute atomic E-state index is 9.43. The molecule has 1 saturated heterocycles. The summed E-state index contributed by atoms with van der Waals surface area (Å²) in [6.45, 7) is 11.0. The average Bonchev–Trinajstić information content (AvgIpc) is 3.34. The minimum absolute atomic E-state index is 0.0792. The van der Waals surface area contributed by atoms with Crippen LogP contribution in [0.15, 0.2) is 53.2 Å². The molecule has 0 bridgehead atoms. The van der Waals surface area contributed by atoms with Crippen molar-refractivity contribution in [2.75, 3.05) is 27.3 Å². The van der Waals surface area contributed by atoms with Crippen molar-refractivity contribution in [2.24, 2.45) is 0 Å². The monoisotopic (exact) mass is 485 g/mol. The van der Waals surface area contributed by atoms with Gasteiger partial charge in [-0.3, -0.25) is 9.78 Å². The summed E-state index contributed by atoms with van der Waals surface area (Å²) >= 11 is 0. The predicted octanol–water partition coefficient (Wildman–Crippen LogP) is 5.07. The van der Waals surface area contributed by atoms with Crippen LogP contribution in [0.4, 0.5) is 5.69 Å². The third-order valence-electron chi connectivity index (χ3n) is 5.63. The summed E-state index contributed by atoms with van der Waals surface area (Å²) < 4.78 is 17.6. The van der Waals surface area contributed by atoms with Crippen LogP contribution in [-0.2, 0) is 9.53 Å². The standard InChI is InChI=1S/C24H20N4O3.C3H7NO/c1-15-5-10-27-28-23(15)22-14-20-24(31-22)18(6-9-26-20)16-3-4-21(19(13-16)25-2)30-17-7-11-29-12-8-17;1-4(2)3-5/h3-6,9-10,13-14,17H,7-8,11-12H2,1H3;3H,1-2H3. The molecule has 184 valence electrons. The van der Waals surface area contributed by atoms with Crippen LogP contribution in [0.1, 0.15) is 18.4 Å². The molecule has 0 atom stereocenters. The van der Waals surface area contributed by atoms with Gasteiger partial charge in [-0.2, -0.15) is 5.10 Å². The quantitative estimate of drug-likeness (QED) is 0.288. The molecular formula is C27H27N5O4. The Balaban J connectivity index is 0.000000556. The second kappa shape index (κ2) is 11.4. The predicted molar refractivity (Wildman–Crippen MR) is 136 cm³/mol. The van der Waals surface area contributed by atoms with Crippen LogP contribution < -0.4 is 4.74 Å². The first-order valence-electron chi connectivity index (χ1n) is 11.6. The van der Waals surface area contributed by atoms with Crippen LogP contribution in [-0.4, -0.2) is 59.9 Å². The fraction of sp³-hybridized carbons (Fsp3) is 0.296. The fourth-order valence-electron chi connectivity index (χ4n) is 3.77. The van der Waals surface area contributed by atoms with Gasteiger partial charge in [-0.05, 0) is 42.3 Å². The van der Waals surface area contributed by atoms with Crippen molar-refractivity contribution < 1.29 is 18.7 Å². The summed E-state index contributed by atoms with van der Waals surface area (Å²) in [5.41, 5.74) is 5.25. The van der Waals surface area contributed by atoms with Gasteiger partial charge in [0.2, 0.25) is 12.1 Å². The topological polar surface area (TPSA) is 94.9 Å². The first kappa shape index (κ1) is 24.8. The molecule has 36 heavy (non-hydrogen) atoms. The third kappa shape index (κ3) is 5.67. The maximum atomic E-state index is 9.43. The summed E-state index contributed by atoms with van der Waals surface area (Å²) in [7, 11) is 3.38. The van der Waals surface area contributed by atoms with E-state index >= 15 is 0 Å². The van der Waals surface area contributed by atoms with Gasteiger partial charge < -0.3 is 18.8 Å². The van der Waals surface area contributed by atoms with Gasteiger partial charge in [-0.15, -0.1) is 5.10 Å². The molecule has 0 spiro atoms. The van der Waals surface area contributed by atoms with Crippen molar-refractivity contribution in [3.05, 3.63) is 65.8 Å². The molecule has 4 aromatic rings. The SMILES string of the molecule is CN(C)C=O.[C-]#[N+]c1cc(-c2ccnc3cc(-c4nnccc4C)oc23)ccc1OC1CCOCC1. The number of carbonyl (C=O) groups excluding carboxylic acids is 1. The van der Waals surface area contributed by atoms with Crippen LogP contribution in [0.2, 0.25) is 0 Å². The number of hydrogen-bond acceptors (Lipinski definition) is 7. The highest BCUT2D eigenvalue weighted by Crippen LogP contribution is 2.38. The smallest absolute Gasteiger partial charge is 0.228 e. The van der Waals surface area contributed by atoms with Gasteiger partial charge in [-0.1, -0.05) is 6.07 Å². The minimum atomic E-state index is 0.0792. The molecule has 1 fully saturated rings. The second-order valence-electron chi connectivity index (χ2n) is 8.54. The molecule has 5 rings (SSSR count). The lowest BCUT2D eigenvalue weighted by Gasteiger charge is -2.24. The molecule has 0 aliphatic carbocycles. The zero-order valence-corrected chi connectivity index (χ0v) is 20.5. The average molecular weight is 486 g/mol. The van der Waals surface area contributed by atoms with E-state index in [4.69, 9.17) is 20.5 Å². The van der Waals surface area contributed by atoms with Gasteiger partial charge in [-0.25, -0.2) is 4.85 Å². The highest BCUT2D eigenvalue weighted by molar-refractivity contribution is 5.93. The molecule has 1 amide bonds. The molecule has 1 aliphatic rings. The second-order valence-corrected chi connectivity index (χ2v) is 8.54. The molecule has 9 nitrogen and oxygen atoms in total. The molecule has 0 unspecified atom stereocenters. The normalized spacial score (nSPS) is 13.4. The van der Waals surface area contributed by atoms with E-state index in [9.17, 15) is 4.79 Å². The Kier molecular flexibility index (Phi) is 7.88. The van der Waals surface area contributed by atoms with Gasteiger partial charge in [0.1, 0.15) is 23.1 Å². The van der Waals surface area contributed by atoms with Crippen LogP contribution in [0.25, 0.3) is 38.5 Å². The number of rotatable bonds is 5. The number of carbonyl (C=O) groups is 1. The minimum Gasteiger partial charge on any atom is -0.501 e. The van der Waals surface area contributed by atoms with Gasteiger partial charge in [0, 0.05) is 51.0 Å². The van der Waals surface area contributed by atoms with Crippen molar-refractivity contribution >= 4 is 23.2 Å². The number of furan rings is 1. The number of hydrogen-bond donors (Lipinski definition) is 0. The van der Waals surface area contributed by atoms with Gasteiger partial charge in [0.15, 0.2) is 11.3 Å². The molecule has 0 radical (unpaired) electrons. The van der Waals surface area contributed by atoms with E-state index in [1.807, 2.05) is 43.3 Å². The largest absolute Gasteiger partial charge is 0.501 e. The first-order chi connectivity index (χ1) is 17.5. The highest BCUT2D eigenvalue weighted by Gasteiger charge is 2.19. The number of benzene rings is 1. The van der Waals surface area contributed by atoms with Crippen LogP contribution in [0.5, 0.6) is 5.75 Å². The number of amides is 1. The zero-order chi connectivity index (χ0) is 25.5. The van der Waals surface area contributed by atoms with E-state index in [-0.39, 0.29) is 6.10 Å². The number of ether oxygens (including phenoxy) is 2. The lowest BCUT2D eigenvalue weighted by atomic mass is 10.0. The molecule has 1 aromatic carbocycles. The summed E-state index contributed by atoms with van der Waals surface area (Å²) in [6, 6.07) is 11.3. The first-order valence-corrected chi connectivity index (χ1v) is 11.6. The van der Waals surface area contributed by atoms with Crippen LogP contribution in [0.3, 0.4) is 0 Å². The molecule has 3 aromatic heterocycles. The van der Waals surface area contributed by atoms with E-state index < -0.39 is 0 Å². The molecular weight excluding hydrogens is 458 g/mol. The summed E-state index contributed by atoms with van der Waals surface area (Å²) in [5, 5.41) is 8.17. The van der Waals surface area contributed by atoms with Crippen LogP contribution in [0, 0.1) is 13.5 Å². The van der Waals surface area contributed by atoms with Gasteiger partial charge >= 0.3 is 0 Å². The van der Waals surface area contributed by atoms with Gasteiger partial charge in [0.25, 0.3) is 0 Å². The summed E-state index contributed by atoms with van der Waals surface area (Å²) in [4.78, 5) is 19.0. The van der Waals surface area contributed by atoms with E-state index in [0.717, 1.165) is 41.5 Å². The summed E-state index contributed by atoms with van der Waals surface area (Å²) in [6.07, 6.45) is 5.89. The Bertz CT molecular complexity index is 1390. The van der Waals surface area contributed by atoms with Crippen molar-refractivity contribution in [1.29, 1.82) is 0 Å². The molecule has 0 saturated carbocycles. The van der Waals surface area contributed by atoms with E-state index in [1.54, 1.807) is 26.5 Å². The van der Waals surface area contributed by atoms with Crippen molar-refractivity contribution in [2.45, 2.75) is 25.9 Å². The number of nitrogens with zero attached hydrogens (tertiary/aromatic N) is 5. The third-order valence-corrected chi connectivity index (χ3v) is 5.63. The van der Waals surface area contributed by atoms with E-state index in [2.05, 4.69) is 20.0 Å². The number of pyridine rings is 1. The van der Waals surface area contributed by atoms with E-state index in [0.29, 0.717) is 41.7 Å². The Morgan fingerprint density at radius 2 is 1.92 bits per heavy atom.